The van der Waals surface area contributed by atoms with Crippen LogP contribution in [0.3, 0.4) is 0 Å². The van der Waals surface area contributed by atoms with Gasteiger partial charge in [-0.05, 0) is 42.0 Å². The van der Waals surface area contributed by atoms with Crippen LogP contribution in [-0.4, -0.2) is 26.7 Å². The highest BCUT2D eigenvalue weighted by Gasteiger charge is 2.52. The van der Waals surface area contributed by atoms with Crippen LogP contribution in [0.4, 0.5) is 0 Å². The Hall–Kier alpha value is -1.85. The Morgan fingerprint density at radius 3 is 2.74 bits per heavy atom. The number of amides is 1. The van der Waals surface area contributed by atoms with Crippen molar-refractivity contribution in [1.82, 2.24) is 5.32 Å². The van der Waals surface area contributed by atoms with Crippen molar-refractivity contribution in [2.24, 2.45) is 0 Å². The number of benzene rings is 1. The fourth-order valence-corrected chi connectivity index (χ4v) is 3.78. The van der Waals surface area contributed by atoms with E-state index in [0.29, 0.717) is 6.54 Å². The van der Waals surface area contributed by atoms with Gasteiger partial charge in [0.05, 0.1) is 18.6 Å². The second-order valence-corrected chi connectivity index (χ2v) is 6.72. The van der Waals surface area contributed by atoms with Gasteiger partial charge in [0, 0.05) is 18.5 Å². The number of carbonyl (C=O) groups is 1. The summed E-state index contributed by atoms with van der Waals surface area (Å²) in [6, 6.07) is 11.8. The Bertz CT molecular complexity index is 665. The van der Waals surface area contributed by atoms with Gasteiger partial charge >= 0.3 is 0 Å². The summed E-state index contributed by atoms with van der Waals surface area (Å²) in [5.41, 5.74) is 0.689. The van der Waals surface area contributed by atoms with Crippen LogP contribution >= 0.6 is 11.3 Å². The van der Waals surface area contributed by atoms with Gasteiger partial charge in [-0.1, -0.05) is 18.2 Å². The molecule has 1 aliphatic rings. The zero-order valence-corrected chi connectivity index (χ0v) is 14.2. The summed E-state index contributed by atoms with van der Waals surface area (Å²) in [7, 11) is 3.29. The lowest BCUT2D eigenvalue weighted by atomic mass is 10.0. The summed E-state index contributed by atoms with van der Waals surface area (Å²) in [6.07, 6.45) is 1.67. The molecule has 0 radical (unpaired) electrons. The maximum Gasteiger partial charge on any atom is 0.231 e. The normalized spacial score (nSPS) is 16.6. The van der Waals surface area contributed by atoms with Crippen molar-refractivity contribution in [2.45, 2.75) is 24.4 Å². The molecule has 0 saturated heterocycles. The zero-order chi connectivity index (χ0) is 16.3. The summed E-state index contributed by atoms with van der Waals surface area (Å²) in [6.45, 7) is 0.454. The molecule has 4 nitrogen and oxygen atoms in total. The minimum absolute atomic E-state index is 0.102. The van der Waals surface area contributed by atoms with Crippen molar-refractivity contribution < 1.29 is 14.3 Å². The van der Waals surface area contributed by atoms with Crippen LogP contribution in [0.25, 0.3) is 0 Å². The maximum atomic E-state index is 12.6. The topological polar surface area (TPSA) is 47.6 Å². The lowest BCUT2D eigenvalue weighted by Crippen LogP contribution is -2.37. The molecule has 0 aliphatic heterocycles. The van der Waals surface area contributed by atoms with Crippen LogP contribution in [0.5, 0.6) is 5.75 Å². The molecule has 122 valence electrons. The van der Waals surface area contributed by atoms with E-state index in [1.807, 2.05) is 41.8 Å². The Labute approximate surface area is 140 Å². The molecule has 2 aromatic rings. The second kappa shape index (κ2) is 6.72. The average molecular weight is 331 g/mol. The molecular weight excluding hydrogens is 310 g/mol. The van der Waals surface area contributed by atoms with Crippen molar-refractivity contribution >= 4 is 17.2 Å². The largest absolute Gasteiger partial charge is 0.497 e. The first-order valence-electron chi connectivity index (χ1n) is 7.68. The van der Waals surface area contributed by atoms with Crippen molar-refractivity contribution in [3.63, 3.8) is 0 Å². The standard InChI is InChI=1S/C18H21NO3S/c1-21-14-6-3-5-13(11-14)15(22-2)12-19-17(20)18(8-9-18)16-7-4-10-23-16/h3-7,10-11,15H,8-9,12H2,1-2H3,(H,19,20). The van der Waals surface area contributed by atoms with Gasteiger partial charge in [0.2, 0.25) is 5.91 Å². The number of ether oxygens (including phenoxy) is 2. The van der Waals surface area contributed by atoms with Gasteiger partial charge < -0.3 is 14.8 Å². The molecule has 1 atom stereocenters. The number of hydrogen-bond acceptors (Lipinski definition) is 4. The van der Waals surface area contributed by atoms with Crippen LogP contribution < -0.4 is 10.1 Å². The number of carbonyl (C=O) groups excluding carboxylic acids is 1. The summed E-state index contributed by atoms with van der Waals surface area (Å²) in [5, 5.41) is 5.09. The number of methoxy groups -OCH3 is 2. The first-order chi connectivity index (χ1) is 11.2. The predicted molar refractivity (Wildman–Crippen MR) is 91.0 cm³/mol. The Balaban J connectivity index is 1.65. The molecule has 1 saturated carbocycles. The third kappa shape index (κ3) is 3.26. The number of hydrogen-bond donors (Lipinski definition) is 1. The molecule has 1 fully saturated rings. The second-order valence-electron chi connectivity index (χ2n) is 5.77. The number of thiophene rings is 1. The monoisotopic (exact) mass is 331 g/mol. The minimum atomic E-state index is -0.305. The van der Waals surface area contributed by atoms with Crippen LogP contribution in [0, 0.1) is 0 Å². The number of nitrogens with one attached hydrogen (secondary N) is 1. The van der Waals surface area contributed by atoms with E-state index >= 15 is 0 Å². The highest BCUT2D eigenvalue weighted by atomic mass is 32.1. The van der Waals surface area contributed by atoms with E-state index < -0.39 is 0 Å². The Kier molecular flexibility index (Phi) is 4.68. The number of rotatable bonds is 7. The third-order valence-electron chi connectivity index (χ3n) is 4.38. The Morgan fingerprint density at radius 1 is 1.30 bits per heavy atom. The van der Waals surface area contributed by atoms with Gasteiger partial charge in [-0.15, -0.1) is 11.3 Å². The van der Waals surface area contributed by atoms with Gasteiger partial charge in [-0.25, -0.2) is 0 Å². The Morgan fingerprint density at radius 2 is 2.13 bits per heavy atom. The zero-order valence-electron chi connectivity index (χ0n) is 13.4. The van der Waals surface area contributed by atoms with Gasteiger partial charge in [0.15, 0.2) is 0 Å². The van der Waals surface area contributed by atoms with Gasteiger partial charge in [0.1, 0.15) is 5.75 Å². The molecule has 23 heavy (non-hydrogen) atoms. The first-order valence-corrected chi connectivity index (χ1v) is 8.56. The molecule has 1 amide bonds. The van der Waals surface area contributed by atoms with Crippen molar-refractivity contribution in [3.8, 4) is 5.75 Å². The quantitative estimate of drug-likeness (QED) is 0.847. The van der Waals surface area contributed by atoms with Crippen molar-refractivity contribution in [2.75, 3.05) is 20.8 Å². The fourth-order valence-electron chi connectivity index (χ4n) is 2.79. The predicted octanol–water partition coefficient (Wildman–Crippen LogP) is 3.29. The molecule has 1 aromatic carbocycles. The molecule has 1 aliphatic carbocycles. The van der Waals surface area contributed by atoms with E-state index in [-0.39, 0.29) is 17.4 Å². The van der Waals surface area contributed by atoms with Crippen LogP contribution in [0.15, 0.2) is 41.8 Å². The molecule has 3 rings (SSSR count). The van der Waals surface area contributed by atoms with E-state index in [4.69, 9.17) is 9.47 Å². The average Bonchev–Trinajstić information content (AvgIpc) is 3.22. The summed E-state index contributed by atoms with van der Waals surface area (Å²) >= 11 is 1.65. The molecule has 0 spiro atoms. The lowest BCUT2D eigenvalue weighted by Gasteiger charge is -2.19. The molecule has 1 unspecified atom stereocenters. The summed E-state index contributed by atoms with van der Waals surface area (Å²) < 4.78 is 10.8. The van der Waals surface area contributed by atoms with E-state index in [9.17, 15) is 4.79 Å². The van der Waals surface area contributed by atoms with Crippen LogP contribution in [0.1, 0.15) is 29.4 Å². The molecule has 1 heterocycles. The first kappa shape index (κ1) is 16.0. The molecule has 5 heteroatoms. The highest BCUT2D eigenvalue weighted by Crippen LogP contribution is 2.50. The minimum Gasteiger partial charge on any atom is -0.497 e. The van der Waals surface area contributed by atoms with E-state index in [1.165, 1.54) is 0 Å². The molecule has 1 aromatic heterocycles. The fraction of sp³-hybridized carbons (Fsp3) is 0.389. The van der Waals surface area contributed by atoms with Gasteiger partial charge in [0.25, 0.3) is 0 Å². The van der Waals surface area contributed by atoms with Crippen LogP contribution in [-0.2, 0) is 14.9 Å². The summed E-state index contributed by atoms with van der Waals surface area (Å²) in [5.74, 6) is 0.887. The van der Waals surface area contributed by atoms with Crippen molar-refractivity contribution in [1.29, 1.82) is 0 Å². The smallest absolute Gasteiger partial charge is 0.231 e. The summed E-state index contributed by atoms with van der Waals surface area (Å²) in [4.78, 5) is 13.8. The maximum absolute atomic E-state index is 12.6. The van der Waals surface area contributed by atoms with Gasteiger partial charge in [-0.2, -0.15) is 0 Å². The highest BCUT2D eigenvalue weighted by molar-refractivity contribution is 7.10. The third-order valence-corrected chi connectivity index (χ3v) is 5.45. The molecule has 1 N–H and O–H groups in total. The van der Waals surface area contributed by atoms with Gasteiger partial charge in [-0.3, -0.25) is 4.79 Å². The van der Waals surface area contributed by atoms with Crippen LogP contribution in [0.2, 0.25) is 0 Å². The molecule has 0 bridgehead atoms. The lowest BCUT2D eigenvalue weighted by molar-refractivity contribution is -0.124. The van der Waals surface area contributed by atoms with Crippen molar-refractivity contribution in [3.05, 3.63) is 52.2 Å². The van der Waals surface area contributed by atoms with E-state index in [2.05, 4.69) is 5.32 Å². The molecular formula is C18H21NO3S. The van der Waals surface area contributed by atoms with E-state index in [1.54, 1.807) is 25.6 Å². The van der Waals surface area contributed by atoms with E-state index in [0.717, 1.165) is 29.0 Å². The SMILES string of the molecule is COc1cccc(C(CNC(=O)C2(c3cccs3)CC2)OC)c1.